The van der Waals surface area contributed by atoms with E-state index < -0.39 is 18.2 Å². The summed E-state index contributed by atoms with van der Waals surface area (Å²) in [7, 11) is 0. The zero-order valence-corrected chi connectivity index (χ0v) is 13.7. The van der Waals surface area contributed by atoms with E-state index in [9.17, 15) is 13.2 Å². The van der Waals surface area contributed by atoms with Crippen LogP contribution in [0.1, 0.15) is 25.0 Å². The number of benzene rings is 1. The van der Waals surface area contributed by atoms with Crippen LogP contribution in [-0.2, 0) is 10.2 Å². The number of fused-ring (bicyclic) bond motifs is 2. The summed E-state index contributed by atoms with van der Waals surface area (Å²) < 4.78 is 48.7. The van der Waals surface area contributed by atoms with Crippen molar-refractivity contribution in [1.82, 2.24) is 4.98 Å². The van der Waals surface area contributed by atoms with Crippen molar-refractivity contribution in [3.05, 3.63) is 59.1 Å². The molecule has 0 bridgehead atoms. The molecule has 3 rings (SSSR count). The Labute approximate surface area is 143 Å². The third kappa shape index (κ3) is 2.72. The summed E-state index contributed by atoms with van der Waals surface area (Å²) in [6, 6.07) is 7.12. The van der Waals surface area contributed by atoms with Gasteiger partial charge in [0.15, 0.2) is 5.69 Å². The van der Waals surface area contributed by atoms with E-state index in [0.29, 0.717) is 0 Å². The number of nitrogens with zero attached hydrogens (tertiary/aromatic N) is 2. The molecule has 0 aliphatic carbocycles. The number of hydrogen-bond donors (Lipinski definition) is 1. The van der Waals surface area contributed by atoms with Gasteiger partial charge in [-0.25, -0.2) is 9.83 Å². The van der Waals surface area contributed by atoms with Crippen LogP contribution in [0.2, 0.25) is 0 Å². The van der Waals surface area contributed by atoms with E-state index in [4.69, 9.17) is 11.3 Å². The molecule has 130 valence electrons. The first kappa shape index (κ1) is 17.2. The summed E-state index contributed by atoms with van der Waals surface area (Å²) >= 11 is 0. The number of aromatic nitrogens is 1. The van der Waals surface area contributed by atoms with Crippen molar-refractivity contribution < 1.29 is 17.9 Å². The lowest BCUT2D eigenvalue weighted by molar-refractivity contribution is -0.195. The minimum atomic E-state index is -4.63. The second kappa shape index (κ2) is 6.05. The number of pyridine rings is 1. The topological polar surface area (TPSA) is 38.5 Å². The molecule has 25 heavy (non-hydrogen) atoms. The Morgan fingerprint density at radius 2 is 2.04 bits per heavy atom. The van der Waals surface area contributed by atoms with Crippen LogP contribution in [-0.4, -0.2) is 23.9 Å². The number of rotatable bonds is 3. The molecule has 4 nitrogen and oxygen atoms in total. The monoisotopic (exact) mass is 347 g/mol. The van der Waals surface area contributed by atoms with E-state index in [1.165, 1.54) is 36.5 Å². The molecule has 1 aromatic carbocycles. The van der Waals surface area contributed by atoms with Crippen molar-refractivity contribution in [1.29, 1.82) is 0 Å². The molecule has 0 fully saturated rings. The van der Waals surface area contributed by atoms with Gasteiger partial charge in [0.1, 0.15) is 11.2 Å². The number of nitrogens with one attached hydrogen (secondary N) is 1. The summed E-state index contributed by atoms with van der Waals surface area (Å²) in [5.41, 5.74) is -1.98. The molecule has 1 aliphatic heterocycles. The van der Waals surface area contributed by atoms with Crippen LogP contribution < -0.4 is 5.32 Å². The van der Waals surface area contributed by atoms with E-state index in [0.717, 1.165) is 0 Å². The van der Waals surface area contributed by atoms with Gasteiger partial charge < -0.3 is 10.1 Å². The Kier molecular flexibility index (Phi) is 4.17. The third-order valence-electron chi connectivity index (χ3n) is 4.23. The van der Waals surface area contributed by atoms with Crippen LogP contribution in [0.5, 0.6) is 0 Å². The number of hydrogen-bond acceptors (Lipinski definition) is 3. The largest absolute Gasteiger partial charge is 0.404 e. The minimum absolute atomic E-state index is 0.00205. The summed E-state index contributed by atoms with van der Waals surface area (Å²) in [6.07, 6.45) is -3.56. The SMILES string of the molecule is [C-]#[N+]c1ccc2c(c1)C(COC(C)C)(C(F)(F)F)c1cccnc1N2. The highest BCUT2D eigenvalue weighted by Gasteiger charge is 2.60. The normalized spacial score (nSPS) is 18.9. The Morgan fingerprint density at radius 1 is 1.28 bits per heavy atom. The summed E-state index contributed by atoms with van der Waals surface area (Å²) in [6.45, 7) is 9.93. The van der Waals surface area contributed by atoms with Gasteiger partial charge in [-0.3, -0.25) is 0 Å². The van der Waals surface area contributed by atoms with Gasteiger partial charge in [0, 0.05) is 17.4 Å². The average molecular weight is 347 g/mol. The summed E-state index contributed by atoms with van der Waals surface area (Å²) in [5, 5.41) is 2.94. The molecule has 7 heteroatoms. The highest BCUT2D eigenvalue weighted by Crippen LogP contribution is 2.54. The van der Waals surface area contributed by atoms with Crippen molar-refractivity contribution in [3.63, 3.8) is 0 Å². The van der Waals surface area contributed by atoms with Crippen LogP contribution in [0.3, 0.4) is 0 Å². The van der Waals surface area contributed by atoms with E-state index in [2.05, 4.69) is 15.1 Å². The van der Waals surface area contributed by atoms with Gasteiger partial charge in [0.25, 0.3) is 0 Å². The molecule has 0 saturated heterocycles. The number of ether oxygens (including phenoxy) is 1. The van der Waals surface area contributed by atoms with Crippen molar-refractivity contribution in [2.24, 2.45) is 0 Å². The van der Waals surface area contributed by atoms with E-state index >= 15 is 0 Å². The number of anilines is 2. The maximum Gasteiger partial charge on any atom is 0.404 e. The standard InChI is InChI=1S/C18H16F3N3O/c1-11(2)25-10-17(18(19,20)21)13-5-4-8-23-16(13)24-15-7-6-12(22-3)9-14(15)17/h4-9,11H,10H2,1-2H3,(H,23,24). The Hall–Kier alpha value is -2.59. The smallest absolute Gasteiger partial charge is 0.377 e. The quantitative estimate of drug-likeness (QED) is 0.798. The molecule has 1 aliphatic rings. The Bertz CT molecular complexity index is 842. The molecule has 0 amide bonds. The second-order valence-corrected chi connectivity index (χ2v) is 6.13. The lowest BCUT2D eigenvalue weighted by atomic mass is 9.71. The van der Waals surface area contributed by atoms with Crippen molar-refractivity contribution in [3.8, 4) is 0 Å². The van der Waals surface area contributed by atoms with Crippen molar-refractivity contribution in [2.45, 2.75) is 31.5 Å². The van der Waals surface area contributed by atoms with Gasteiger partial charge >= 0.3 is 6.18 Å². The lowest BCUT2D eigenvalue weighted by Crippen LogP contribution is -2.50. The molecule has 0 spiro atoms. The van der Waals surface area contributed by atoms with Crippen LogP contribution in [0.4, 0.5) is 30.4 Å². The Balaban J connectivity index is 2.33. The fourth-order valence-corrected chi connectivity index (χ4v) is 3.02. The van der Waals surface area contributed by atoms with Crippen LogP contribution in [0.25, 0.3) is 4.85 Å². The first-order valence-corrected chi connectivity index (χ1v) is 7.72. The van der Waals surface area contributed by atoms with E-state index in [-0.39, 0.29) is 34.4 Å². The maximum atomic E-state index is 14.4. The van der Waals surface area contributed by atoms with Crippen molar-refractivity contribution in [2.75, 3.05) is 11.9 Å². The van der Waals surface area contributed by atoms with Crippen LogP contribution in [0, 0.1) is 6.57 Å². The Morgan fingerprint density at radius 3 is 2.68 bits per heavy atom. The molecule has 1 aromatic heterocycles. The fraction of sp³-hybridized carbons (Fsp3) is 0.333. The zero-order chi connectivity index (χ0) is 18.2. The first-order valence-electron chi connectivity index (χ1n) is 7.72. The minimum Gasteiger partial charge on any atom is -0.377 e. The molecule has 1 N–H and O–H groups in total. The molecule has 0 radical (unpaired) electrons. The molecule has 0 saturated carbocycles. The zero-order valence-electron chi connectivity index (χ0n) is 13.7. The molecule has 1 atom stereocenters. The molecular formula is C18H16F3N3O. The fourth-order valence-electron chi connectivity index (χ4n) is 3.02. The molecular weight excluding hydrogens is 331 g/mol. The average Bonchev–Trinajstić information content (AvgIpc) is 2.57. The highest BCUT2D eigenvalue weighted by atomic mass is 19.4. The molecule has 2 heterocycles. The van der Waals surface area contributed by atoms with Gasteiger partial charge in [-0.15, -0.1) is 0 Å². The van der Waals surface area contributed by atoms with Crippen LogP contribution in [0.15, 0.2) is 36.5 Å². The van der Waals surface area contributed by atoms with E-state index in [1.807, 2.05) is 0 Å². The van der Waals surface area contributed by atoms with Gasteiger partial charge in [-0.05, 0) is 37.6 Å². The van der Waals surface area contributed by atoms with Crippen LogP contribution >= 0.6 is 0 Å². The predicted octanol–water partition coefficient (Wildman–Crippen LogP) is 4.96. The third-order valence-corrected chi connectivity index (χ3v) is 4.23. The summed E-state index contributed by atoms with van der Waals surface area (Å²) in [4.78, 5) is 7.35. The highest BCUT2D eigenvalue weighted by molar-refractivity contribution is 5.76. The molecule has 2 aromatic rings. The van der Waals surface area contributed by atoms with Gasteiger partial charge in [-0.1, -0.05) is 12.1 Å². The lowest BCUT2D eigenvalue weighted by Gasteiger charge is -2.42. The predicted molar refractivity (Wildman–Crippen MR) is 88.1 cm³/mol. The maximum absolute atomic E-state index is 14.4. The van der Waals surface area contributed by atoms with Crippen molar-refractivity contribution >= 4 is 17.2 Å². The number of alkyl halides is 3. The molecule has 1 unspecified atom stereocenters. The first-order chi connectivity index (χ1) is 11.8. The van der Waals surface area contributed by atoms with Gasteiger partial charge in [0.05, 0.1) is 19.3 Å². The van der Waals surface area contributed by atoms with Gasteiger partial charge in [0.2, 0.25) is 0 Å². The van der Waals surface area contributed by atoms with Gasteiger partial charge in [-0.2, -0.15) is 13.2 Å². The second-order valence-electron chi connectivity index (χ2n) is 6.13. The van der Waals surface area contributed by atoms with E-state index in [1.54, 1.807) is 13.8 Å². The number of halogens is 3. The summed E-state index contributed by atoms with van der Waals surface area (Å²) in [5.74, 6) is 0.148.